The molecule has 2 aromatic rings. The average Bonchev–Trinajstić information content (AvgIpc) is 2.47. The Hall–Kier alpha value is -2.28. The zero-order valence-electron chi connectivity index (χ0n) is 13.5. The van der Waals surface area contributed by atoms with Crippen molar-refractivity contribution in [2.24, 2.45) is 0 Å². The molecular formula is C16H21F2N5. The highest BCUT2D eigenvalue weighted by Gasteiger charge is 2.10. The molecule has 1 aromatic heterocycles. The molecule has 0 spiro atoms. The number of hydrogen-bond donors (Lipinski definition) is 2. The molecule has 0 aliphatic heterocycles. The van der Waals surface area contributed by atoms with Crippen LogP contribution < -0.4 is 10.6 Å². The Kier molecular flexibility index (Phi) is 5.81. The third-order valence-corrected chi connectivity index (χ3v) is 3.14. The van der Waals surface area contributed by atoms with Crippen LogP contribution in [0.3, 0.4) is 0 Å². The molecule has 0 bridgehead atoms. The summed E-state index contributed by atoms with van der Waals surface area (Å²) in [5.41, 5.74) is 0.485. The van der Waals surface area contributed by atoms with Gasteiger partial charge in [0, 0.05) is 18.3 Å². The van der Waals surface area contributed by atoms with Crippen molar-refractivity contribution in [3.05, 3.63) is 41.6 Å². The molecule has 1 heterocycles. The maximum absolute atomic E-state index is 13.7. The van der Waals surface area contributed by atoms with Crippen molar-refractivity contribution in [1.82, 2.24) is 14.9 Å². The summed E-state index contributed by atoms with van der Waals surface area (Å²) in [6.07, 6.45) is 0.939. The van der Waals surface area contributed by atoms with Crippen LogP contribution in [0.15, 0.2) is 24.3 Å². The van der Waals surface area contributed by atoms with E-state index in [0.717, 1.165) is 19.5 Å². The third kappa shape index (κ3) is 5.14. The summed E-state index contributed by atoms with van der Waals surface area (Å²) < 4.78 is 27.4. The first kappa shape index (κ1) is 17.1. The van der Waals surface area contributed by atoms with Crippen LogP contribution in [-0.4, -0.2) is 42.1 Å². The van der Waals surface area contributed by atoms with Crippen molar-refractivity contribution >= 4 is 17.5 Å². The van der Waals surface area contributed by atoms with Crippen molar-refractivity contribution < 1.29 is 8.78 Å². The average molecular weight is 321 g/mol. The van der Waals surface area contributed by atoms with Gasteiger partial charge in [-0.05, 0) is 46.1 Å². The molecule has 0 saturated carbocycles. The predicted molar refractivity (Wildman–Crippen MR) is 88.1 cm³/mol. The van der Waals surface area contributed by atoms with E-state index in [4.69, 9.17) is 0 Å². The summed E-state index contributed by atoms with van der Waals surface area (Å²) in [7, 11) is 4.02. The largest absolute Gasteiger partial charge is 0.354 e. The molecule has 0 radical (unpaired) electrons. The van der Waals surface area contributed by atoms with E-state index in [9.17, 15) is 8.78 Å². The van der Waals surface area contributed by atoms with Gasteiger partial charge in [-0.1, -0.05) is 6.07 Å². The lowest BCUT2D eigenvalue weighted by atomic mass is 10.3. The fourth-order valence-corrected chi connectivity index (χ4v) is 2.05. The van der Waals surface area contributed by atoms with Crippen molar-refractivity contribution in [2.75, 3.05) is 37.8 Å². The van der Waals surface area contributed by atoms with E-state index < -0.39 is 11.6 Å². The molecule has 0 aliphatic rings. The van der Waals surface area contributed by atoms with Gasteiger partial charge < -0.3 is 15.5 Å². The minimum absolute atomic E-state index is 0.218. The lowest BCUT2D eigenvalue weighted by Crippen LogP contribution is -2.17. The fourth-order valence-electron chi connectivity index (χ4n) is 2.05. The molecule has 7 heteroatoms. The Morgan fingerprint density at radius 3 is 2.48 bits per heavy atom. The second-order valence-electron chi connectivity index (χ2n) is 5.52. The normalized spacial score (nSPS) is 10.9. The fraction of sp³-hybridized carbons (Fsp3) is 0.375. The van der Waals surface area contributed by atoms with Crippen LogP contribution in [0.1, 0.15) is 12.1 Å². The molecule has 0 aliphatic carbocycles. The highest BCUT2D eigenvalue weighted by molar-refractivity contribution is 5.58. The van der Waals surface area contributed by atoms with Gasteiger partial charge in [0.25, 0.3) is 0 Å². The summed E-state index contributed by atoms with van der Waals surface area (Å²) in [5, 5.41) is 5.80. The number of halogens is 2. The number of anilines is 3. The molecule has 0 atom stereocenters. The minimum Gasteiger partial charge on any atom is -0.354 e. The molecule has 0 unspecified atom stereocenters. The third-order valence-electron chi connectivity index (χ3n) is 3.14. The summed E-state index contributed by atoms with van der Waals surface area (Å²) in [6.45, 7) is 3.47. The van der Waals surface area contributed by atoms with Crippen LogP contribution >= 0.6 is 0 Å². The van der Waals surface area contributed by atoms with Gasteiger partial charge in [-0.3, -0.25) is 0 Å². The van der Waals surface area contributed by atoms with Gasteiger partial charge in [0.05, 0.1) is 0 Å². The minimum atomic E-state index is -0.665. The van der Waals surface area contributed by atoms with E-state index in [1.165, 1.54) is 18.2 Å². The second-order valence-corrected chi connectivity index (χ2v) is 5.52. The highest BCUT2D eigenvalue weighted by Crippen LogP contribution is 2.22. The van der Waals surface area contributed by atoms with Crippen molar-refractivity contribution in [3.8, 4) is 0 Å². The van der Waals surface area contributed by atoms with Crippen molar-refractivity contribution in [3.63, 3.8) is 0 Å². The Bertz CT molecular complexity index is 641. The molecular weight excluding hydrogens is 300 g/mol. The molecule has 0 amide bonds. The first-order chi connectivity index (χ1) is 11.0. The Balaban J connectivity index is 2.08. The zero-order chi connectivity index (χ0) is 16.8. The summed E-state index contributed by atoms with van der Waals surface area (Å²) in [6, 6.07) is 5.34. The lowest BCUT2D eigenvalue weighted by molar-refractivity contribution is 0.405. The Labute approximate surface area is 134 Å². The van der Waals surface area contributed by atoms with Crippen LogP contribution in [0, 0.1) is 18.6 Å². The number of aromatic nitrogens is 2. The smallest absolute Gasteiger partial charge is 0.224 e. The van der Waals surface area contributed by atoms with Gasteiger partial charge >= 0.3 is 0 Å². The summed E-state index contributed by atoms with van der Waals surface area (Å²) in [4.78, 5) is 10.6. The van der Waals surface area contributed by atoms with Crippen LogP contribution in [0.25, 0.3) is 0 Å². The van der Waals surface area contributed by atoms with E-state index >= 15 is 0 Å². The van der Waals surface area contributed by atoms with E-state index in [0.29, 0.717) is 17.5 Å². The van der Waals surface area contributed by atoms with E-state index in [1.54, 1.807) is 13.0 Å². The van der Waals surface area contributed by atoms with Crippen LogP contribution in [0.4, 0.5) is 26.2 Å². The van der Waals surface area contributed by atoms with E-state index in [2.05, 4.69) is 25.5 Å². The number of nitrogens with one attached hydrogen (secondary N) is 2. The number of aryl methyl sites for hydroxylation is 1. The molecule has 2 rings (SSSR count). The van der Waals surface area contributed by atoms with E-state index in [1.807, 2.05) is 14.1 Å². The van der Waals surface area contributed by atoms with Crippen molar-refractivity contribution in [1.29, 1.82) is 0 Å². The SMILES string of the molecule is Cc1cc(Nc2c(F)cccc2F)nc(NCCCN(C)C)n1. The van der Waals surface area contributed by atoms with Gasteiger partial charge in [-0.15, -0.1) is 0 Å². The standard InChI is InChI=1S/C16H21F2N5/c1-11-10-14(21-15-12(17)6-4-7-13(15)18)22-16(20-11)19-8-5-9-23(2)3/h4,6-7,10H,5,8-9H2,1-3H3,(H2,19,20,21,22). The topological polar surface area (TPSA) is 53.1 Å². The van der Waals surface area contributed by atoms with Crippen LogP contribution in [0.5, 0.6) is 0 Å². The first-order valence-corrected chi connectivity index (χ1v) is 7.41. The number of benzene rings is 1. The first-order valence-electron chi connectivity index (χ1n) is 7.41. The Morgan fingerprint density at radius 1 is 1.13 bits per heavy atom. The van der Waals surface area contributed by atoms with Crippen LogP contribution in [0.2, 0.25) is 0 Å². The number of para-hydroxylation sites is 1. The molecule has 0 fully saturated rings. The molecule has 23 heavy (non-hydrogen) atoms. The molecule has 124 valence electrons. The van der Waals surface area contributed by atoms with Gasteiger partial charge in [-0.25, -0.2) is 13.8 Å². The summed E-state index contributed by atoms with van der Waals surface area (Å²) >= 11 is 0. The number of nitrogens with zero attached hydrogens (tertiary/aromatic N) is 3. The van der Waals surface area contributed by atoms with Gasteiger partial charge in [0.2, 0.25) is 5.95 Å². The molecule has 5 nitrogen and oxygen atoms in total. The molecule has 1 aromatic carbocycles. The zero-order valence-corrected chi connectivity index (χ0v) is 13.5. The summed E-state index contributed by atoms with van der Waals surface area (Å²) in [5.74, 6) is -0.553. The van der Waals surface area contributed by atoms with Gasteiger partial charge in [0.1, 0.15) is 23.1 Å². The molecule has 0 saturated heterocycles. The lowest BCUT2D eigenvalue weighted by Gasteiger charge is -2.12. The predicted octanol–water partition coefficient (Wildman–Crippen LogP) is 3.17. The van der Waals surface area contributed by atoms with E-state index in [-0.39, 0.29) is 5.69 Å². The molecule has 2 N–H and O–H groups in total. The monoisotopic (exact) mass is 321 g/mol. The number of hydrogen-bond acceptors (Lipinski definition) is 5. The Morgan fingerprint density at radius 2 is 1.83 bits per heavy atom. The highest BCUT2D eigenvalue weighted by atomic mass is 19.1. The van der Waals surface area contributed by atoms with Gasteiger partial charge in [-0.2, -0.15) is 4.98 Å². The second kappa shape index (κ2) is 7.82. The maximum Gasteiger partial charge on any atom is 0.224 e. The number of rotatable bonds is 7. The van der Waals surface area contributed by atoms with Crippen molar-refractivity contribution in [2.45, 2.75) is 13.3 Å². The maximum atomic E-state index is 13.7. The quantitative estimate of drug-likeness (QED) is 0.767. The van der Waals surface area contributed by atoms with Gasteiger partial charge in [0.15, 0.2) is 0 Å². The van der Waals surface area contributed by atoms with Crippen LogP contribution in [-0.2, 0) is 0 Å².